The minimum atomic E-state index is -3.06. The van der Waals surface area contributed by atoms with Crippen molar-refractivity contribution in [1.29, 1.82) is 0 Å². The SMILES string of the molecule is Cc1cccc(C(=O)NC23CC4CC(CC(NC(=O)OCC(C)(F)F)(C4)C2)C3)n1. The fourth-order valence-electron chi connectivity index (χ4n) is 5.97. The normalized spacial score (nSPS) is 32.7. The minimum absolute atomic E-state index is 0.209. The summed E-state index contributed by atoms with van der Waals surface area (Å²) in [4.78, 5) is 29.4. The highest BCUT2D eigenvalue weighted by molar-refractivity contribution is 5.92. The lowest BCUT2D eigenvalue weighted by Gasteiger charge is -2.62. The maximum absolute atomic E-state index is 13.0. The topological polar surface area (TPSA) is 80.3 Å². The monoisotopic (exact) mass is 407 g/mol. The molecule has 0 saturated heterocycles. The molecule has 2 N–H and O–H groups in total. The molecular formula is C21H27F2N3O3. The summed E-state index contributed by atoms with van der Waals surface area (Å²) < 4.78 is 30.8. The van der Waals surface area contributed by atoms with Crippen LogP contribution in [0.25, 0.3) is 0 Å². The van der Waals surface area contributed by atoms with E-state index < -0.39 is 29.7 Å². The largest absolute Gasteiger partial charge is 0.443 e. The average molecular weight is 407 g/mol. The van der Waals surface area contributed by atoms with Crippen molar-refractivity contribution in [3.63, 3.8) is 0 Å². The zero-order valence-corrected chi connectivity index (χ0v) is 16.8. The van der Waals surface area contributed by atoms with Gasteiger partial charge in [-0.05, 0) is 69.4 Å². The third-order valence-corrected chi connectivity index (χ3v) is 6.38. The number of alkyl halides is 2. The molecule has 4 aliphatic rings. The van der Waals surface area contributed by atoms with Crippen LogP contribution in [-0.2, 0) is 4.74 Å². The molecule has 2 unspecified atom stereocenters. The van der Waals surface area contributed by atoms with Crippen LogP contribution in [0.3, 0.4) is 0 Å². The Kier molecular flexibility index (Phi) is 4.78. The van der Waals surface area contributed by atoms with Gasteiger partial charge < -0.3 is 15.4 Å². The van der Waals surface area contributed by atoms with Crippen LogP contribution in [0.5, 0.6) is 0 Å². The van der Waals surface area contributed by atoms with E-state index in [4.69, 9.17) is 4.74 Å². The number of rotatable bonds is 5. The van der Waals surface area contributed by atoms with Crippen LogP contribution >= 0.6 is 0 Å². The van der Waals surface area contributed by atoms with Crippen LogP contribution in [-0.4, -0.2) is 40.6 Å². The first-order valence-corrected chi connectivity index (χ1v) is 10.1. The molecule has 158 valence electrons. The Balaban J connectivity index is 1.48. The molecule has 4 fully saturated rings. The highest BCUT2D eigenvalue weighted by Crippen LogP contribution is 2.57. The number of carbonyl (C=O) groups excluding carboxylic acids is 2. The molecule has 2 atom stereocenters. The van der Waals surface area contributed by atoms with Gasteiger partial charge >= 0.3 is 6.09 Å². The Hall–Kier alpha value is -2.25. The van der Waals surface area contributed by atoms with Crippen LogP contribution in [0.2, 0.25) is 0 Å². The number of nitrogens with one attached hydrogen (secondary N) is 2. The molecule has 4 bridgehead atoms. The summed E-state index contributed by atoms with van der Waals surface area (Å²) in [5.74, 6) is -2.50. The fourth-order valence-corrected chi connectivity index (χ4v) is 5.97. The molecule has 0 spiro atoms. The summed E-state index contributed by atoms with van der Waals surface area (Å²) in [6.07, 6.45) is 4.17. The van der Waals surface area contributed by atoms with Crippen molar-refractivity contribution >= 4 is 12.0 Å². The smallest absolute Gasteiger partial charge is 0.407 e. The summed E-state index contributed by atoms with van der Waals surface area (Å²) in [7, 11) is 0. The molecule has 1 aromatic rings. The summed E-state index contributed by atoms with van der Waals surface area (Å²) in [5, 5.41) is 6.09. The van der Waals surface area contributed by atoms with Gasteiger partial charge in [-0.15, -0.1) is 0 Å². The molecule has 1 heterocycles. The van der Waals surface area contributed by atoms with Crippen molar-refractivity contribution in [1.82, 2.24) is 15.6 Å². The number of alkyl carbamates (subject to hydrolysis) is 1. The van der Waals surface area contributed by atoms with Crippen molar-refractivity contribution in [2.24, 2.45) is 11.8 Å². The van der Waals surface area contributed by atoms with Gasteiger partial charge in [0.15, 0.2) is 6.61 Å². The summed E-state index contributed by atoms with van der Waals surface area (Å²) in [6.45, 7) is 1.61. The van der Waals surface area contributed by atoms with Gasteiger partial charge in [0, 0.05) is 23.7 Å². The molecular weight excluding hydrogens is 380 g/mol. The van der Waals surface area contributed by atoms with Crippen molar-refractivity contribution in [2.75, 3.05) is 6.61 Å². The quantitative estimate of drug-likeness (QED) is 0.782. The van der Waals surface area contributed by atoms with Gasteiger partial charge in [0.1, 0.15) is 5.69 Å². The van der Waals surface area contributed by atoms with Gasteiger partial charge in [-0.25, -0.2) is 18.6 Å². The van der Waals surface area contributed by atoms with Crippen LogP contribution in [0.15, 0.2) is 18.2 Å². The van der Waals surface area contributed by atoms with Crippen LogP contribution in [0.1, 0.15) is 61.6 Å². The van der Waals surface area contributed by atoms with E-state index >= 15 is 0 Å². The number of halogens is 2. The summed E-state index contributed by atoms with van der Waals surface area (Å²) in [5.41, 5.74) is 0.232. The number of carbonyl (C=O) groups is 2. The molecule has 0 radical (unpaired) electrons. The zero-order chi connectivity index (χ0) is 20.9. The van der Waals surface area contributed by atoms with Crippen LogP contribution in [0.4, 0.5) is 13.6 Å². The standard InChI is InChI=1S/C21H27F2N3O3/c1-13-4-3-5-16(24-13)17(27)25-20-7-14-6-15(8-20)10-21(9-14,11-20)26-18(28)29-12-19(2,22)23/h3-5,14-15H,6-12H2,1-2H3,(H,25,27)(H,26,28). The van der Waals surface area contributed by atoms with Crippen molar-refractivity contribution in [3.8, 4) is 0 Å². The second kappa shape index (κ2) is 6.92. The van der Waals surface area contributed by atoms with E-state index in [1.165, 1.54) is 0 Å². The molecule has 8 heteroatoms. The van der Waals surface area contributed by atoms with E-state index in [9.17, 15) is 18.4 Å². The lowest BCUT2D eigenvalue weighted by atomic mass is 9.50. The first kappa shape index (κ1) is 20.0. The first-order valence-electron chi connectivity index (χ1n) is 10.1. The van der Waals surface area contributed by atoms with Crippen LogP contribution in [0, 0.1) is 18.8 Å². The van der Waals surface area contributed by atoms with Gasteiger partial charge in [0.05, 0.1) is 0 Å². The van der Waals surface area contributed by atoms with Gasteiger partial charge in [-0.1, -0.05) is 6.07 Å². The predicted octanol–water partition coefficient (Wildman–Crippen LogP) is 3.59. The summed E-state index contributed by atoms with van der Waals surface area (Å²) >= 11 is 0. The lowest BCUT2D eigenvalue weighted by molar-refractivity contribution is -0.0596. The number of amides is 2. The number of aryl methyl sites for hydroxylation is 1. The van der Waals surface area contributed by atoms with E-state index in [-0.39, 0.29) is 5.91 Å². The van der Waals surface area contributed by atoms with Crippen molar-refractivity contribution in [3.05, 3.63) is 29.6 Å². The van der Waals surface area contributed by atoms with Gasteiger partial charge in [-0.2, -0.15) is 0 Å². The Bertz CT molecular complexity index is 810. The van der Waals surface area contributed by atoms with Gasteiger partial charge in [0.25, 0.3) is 11.8 Å². The molecule has 0 aliphatic heterocycles. The number of ether oxygens (including phenoxy) is 1. The molecule has 4 saturated carbocycles. The number of pyridine rings is 1. The maximum atomic E-state index is 13.0. The lowest BCUT2D eigenvalue weighted by Crippen LogP contribution is -2.70. The molecule has 4 aliphatic carbocycles. The number of aromatic nitrogens is 1. The Morgan fingerprint density at radius 1 is 1.17 bits per heavy atom. The van der Waals surface area contributed by atoms with E-state index in [1.807, 2.05) is 13.0 Å². The fraction of sp³-hybridized carbons (Fsp3) is 0.667. The molecule has 0 aromatic carbocycles. The second-order valence-electron chi connectivity index (χ2n) is 9.41. The van der Waals surface area contributed by atoms with E-state index in [2.05, 4.69) is 15.6 Å². The predicted molar refractivity (Wildman–Crippen MR) is 102 cm³/mol. The Labute approximate surface area is 168 Å². The second-order valence-corrected chi connectivity index (χ2v) is 9.41. The Morgan fingerprint density at radius 2 is 1.79 bits per heavy atom. The zero-order valence-electron chi connectivity index (χ0n) is 16.8. The number of hydrogen-bond donors (Lipinski definition) is 2. The molecule has 2 amide bonds. The minimum Gasteiger partial charge on any atom is -0.443 e. The highest BCUT2D eigenvalue weighted by Gasteiger charge is 2.59. The Morgan fingerprint density at radius 3 is 2.38 bits per heavy atom. The third-order valence-electron chi connectivity index (χ3n) is 6.38. The first-order chi connectivity index (χ1) is 13.6. The average Bonchev–Trinajstić information content (AvgIpc) is 2.57. The molecule has 6 nitrogen and oxygen atoms in total. The van der Waals surface area contributed by atoms with E-state index in [1.54, 1.807) is 12.1 Å². The number of nitrogens with zero attached hydrogens (tertiary/aromatic N) is 1. The molecule has 5 rings (SSSR count). The van der Waals surface area contributed by atoms with E-state index in [0.29, 0.717) is 24.0 Å². The maximum Gasteiger partial charge on any atom is 0.407 e. The van der Waals surface area contributed by atoms with Gasteiger partial charge in [-0.3, -0.25) is 4.79 Å². The van der Waals surface area contributed by atoms with Crippen LogP contribution < -0.4 is 10.6 Å². The van der Waals surface area contributed by atoms with Crippen molar-refractivity contribution < 1.29 is 23.1 Å². The van der Waals surface area contributed by atoms with Gasteiger partial charge in [0.2, 0.25) is 0 Å². The van der Waals surface area contributed by atoms with E-state index in [0.717, 1.165) is 44.7 Å². The highest BCUT2D eigenvalue weighted by atomic mass is 19.3. The third kappa shape index (κ3) is 4.36. The number of hydrogen-bond acceptors (Lipinski definition) is 4. The van der Waals surface area contributed by atoms with Crippen molar-refractivity contribution in [2.45, 2.75) is 69.4 Å². The molecule has 1 aromatic heterocycles. The summed E-state index contributed by atoms with van der Waals surface area (Å²) in [6, 6.07) is 5.34. The molecule has 29 heavy (non-hydrogen) atoms.